The maximum absolute atomic E-state index is 6.73. The molecule has 0 saturated heterocycles. The summed E-state index contributed by atoms with van der Waals surface area (Å²) in [5, 5.41) is 0.827. The van der Waals surface area contributed by atoms with Crippen LogP contribution in [0.15, 0.2) is 64.7 Å². The maximum Gasteiger partial charge on any atom is 0.161 e. The van der Waals surface area contributed by atoms with Crippen LogP contribution in [0.1, 0.15) is 117 Å². The number of alkyl halides is 1. The van der Waals surface area contributed by atoms with E-state index in [0.717, 1.165) is 69.6 Å². The molecular weight excluding hydrogens is 776 g/mol. The van der Waals surface area contributed by atoms with Crippen LogP contribution >= 0.6 is 31.9 Å². The van der Waals surface area contributed by atoms with E-state index in [9.17, 15) is 0 Å². The first kappa shape index (κ1) is 40.5. The van der Waals surface area contributed by atoms with Crippen molar-refractivity contribution in [2.75, 3.05) is 31.8 Å². The van der Waals surface area contributed by atoms with Gasteiger partial charge in [0.05, 0.1) is 31.8 Å². The van der Waals surface area contributed by atoms with E-state index in [1.165, 1.54) is 33.4 Å². The van der Waals surface area contributed by atoms with Gasteiger partial charge in [0, 0.05) is 9.80 Å². The minimum atomic E-state index is -0.555. The highest BCUT2D eigenvalue weighted by molar-refractivity contribution is 9.10. The third kappa shape index (κ3) is 8.33. The molecule has 0 aromatic heterocycles. The second-order valence-corrected chi connectivity index (χ2v) is 17.9. The Hall–Kier alpha value is -2.70. The lowest BCUT2D eigenvalue weighted by atomic mass is 9.70. The molecule has 282 valence electrons. The third-order valence-electron chi connectivity index (χ3n) is 10.9. The van der Waals surface area contributed by atoms with Gasteiger partial charge in [0.2, 0.25) is 0 Å². The molecule has 5 rings (SSSR count). The number of rotatable bonds is 17. The molecule has 0 amide bonds. The van der Waals surface area contributed by atoms with E-state index >= 15 is 0 Å². The number of fused-ring (bicyclic) bond motifs is 7. The van der Waals surface area contributed by atoms with E-state index in [1.807, 2.05) is 0 Å². The minimum absolute atomic E-state index is 0.0209. The molecule has 0 radical (unpaired) electrons. The molecule has 4 atom stereocenters. The number of hydrogen-bond acceptors (Lipinski definition) is 4. The summed E-state index contributed by atoms with van der Waals surface area (Å²) in [5.74, 6) is 4.47. The molecule has 1 spiro atoms. The summed E-state index contributed by atoms with van der Waals surface area (Å²) in [6.45, 7) is 24.8. The summed E-state index contributed by atoms with van der Waals surface area (Å²) in [5.41, 5.74) is 9.41. The molecule has 2 aliphatic rings. The predicted molar refractivity (Wildman–Crippen MR) is 226 cm³/mol. The second kappa shape index (κ2) is 17.2. The monoisotopic (exact) mass is 834 g/mol. The van der Waals surface area contributed by atoms with Gasteiger partial charge in [-0.2, -0.15) is 0 Å². The normalized spacial score (nSPS) is 18.0. The lowest BCUT2D eigenvalue weighted by Gasteiger charge is -2.32. The molecule has 2 aliphatic carbocycles. The van der Waals surface area contributed by atoms with Crippen LogP contribution in [0.5, 0.6) is 23.0 Å². The minimum Gasteiger partial charge on any atom is -0.489 e. The fourth-order valence-corrected chi connectivity index (χ4v) is 7.69. The van der Waals surface area contributed by atoms with Crippen molar-refractivity contribution in [2.24, 2.45) is 23.2 Å². The fourth-order valence-electron chi connectivity index (χ4n) is 7.07. The number of allylic oxidation sites excluding steroid dienone is 4. The summed E-state index contributed by atoms with van der Waals surface area (Å²) in [7, 11) is 0. The van der Waals surface area contributed by atoms with Gasteiger partial charge in [-0.05, 0) is 117 Å². The Kier molecular flexibility index (Phi) is 13.4. The Labute approximate surface area is 331 Å². The third-order valence-corrected chi connectivity index (χ3v) is 11.8. The van der Waals surface area contributed by atoms with Crippen LogP contribution in [-0.4, -0.2) is 31.8 Å². The molecule has 0 bridgehead atoms. The number of halogens is 2. The summed E-state index contributed by atoms with van der Waals surface area (Å²) in [6, 6.07) is 15.9. The van der Waals surface area contributed by atoms with Crippen LogP contribution < -0.4 is 18.9 Å². The Morgan fingerprint density at radius 3 is 1.58 bits per heavy atom. The van der Waals surface area contributed by atoms with Crippen LogP contribution in [0.25, 0.3) is 16.7 Å². The van der Waals surface area contributed by atoms with Gasteiger partial charge < -0.3 is 18.9 Å². The smallest absolute Gasteiger partial charge is 0.161 e. The predicted octanol–water partition coefficient (Wildman–Crippen LogP) is 13.6. The van der Waals surface area contributed by atoms with Crippen LogP contribution in [0.4, 0.5) is 0 Å². The average molecular weight is 837 g/mol. The highest BCUT2D eigenvalue weighted by Crippen LogP contribution is 2.65. The molecule has 4 unspecified atom stereocenters. The van der Waals surface area contributed by atoms with Crippen molar-refractivity contribution in [1.82, 2.24) is 0 Å². The lowest BCUT2D eigenvalue weighted by molar-refractivity contribution is 0.182. The van der Waals surface area contributed by atoms with Crippen molar-refractivity contribution in [3.8, 4) is 34.1 Å². The Morgan fingerprint density at radius 2 is 1.12 bits per heavy atom. The van der Waals surface area contributed by atoms with Gasteiger partial charge in [-0.1, -0.05) is 132 Å². The van der Waals surface area contributed by atoms with E-state index in [1.54, 1.807) is 0 Å². The molecule has 0 saturated carbocycles. The summed E-state index contributed by atoms with van der Waals surface area (Å²) < 4.78 is 27.8. The zero-order valence-corrected chi connectivity index (χ0v) is 36.4. The van der Waals surface area contributed by atoms with Crippen molar-refractivity contribution in [2.45, 2.75) is 100 Å². The van der Waals surface area contributed by atoms with E-state index in [-0.39, 0.29) is 5.41 Å². The highest BCUT2D eigenvalue weighted by atomic mass is 79.9. The Balaban J connectivity index is 1.85. The molecule has 0 heterocycles. The van der Waals surface area contributed by atoms with Crippen LogP contribution in [0.2, 0.25) is 0 Å². The molecular formula is C46H60Br2O4. The van der Waals surface area contributed by atoms with Crippen molar-refractivity contribution in [3.05, 3.63) is 86.9 Å². The van der Waals surface area contributed by atoms with Crippen LogP contribution in [-0.2, 0) is 5.41 Å². The zero-order chi connectivity index (χ0) is 37.8. The van der Waals surface area contributed by atoms with Crippen LogP contribution in [0, 0.1) is 23.2 Å². The van der Waals surface area contributed by atoms with Gasteiger partial charge in [0.15, 0.2) is 23.0 Å². The summed E-state index contributed by atoms with van der Waals surface area (Å²) in [4.78, 5) is 0. The second-order valence-electron chi connectivity index (χ2n) is 16.4. The molecule has 3 aromatic carbocycles. The molecule has 4 nitrogen and oxygen atoms in total. The van der Waals surface area contributed by atoms with E-state index < -0.39 is 5.41 Å². The SMILES string of the molecule is CCC(C)COc1cc2c(cc1OCC(C)CC)C1(C(C)=C(C/C=C\CBr)c3ccc(Br)cc31)c1cc(OCC(C)(C)C)c(OCC(C)CC)cc1-2. The average Bonchev–Trinajstić information content (AvgIpc) is 3.53. The van der Waals surface area contributed by atoms with E-state index in [2.05, 4.69) is 156 Å². The fraction of sp³-hybridized carbons (Fsp3) is 0.522. The first-order valence-electron chi connectivity index (χ1n) is 19.4. The first-order chi connectivity index (χ1) is 24.8. The van der Waals surface area contributed by atoms with E-state index in [4.69, 9.17) is 18.9 Å². The van der Waals surface area contributed by atoms with Crippen molar-refractivity contribution < 1.29 is 18.9 Å². The van der Waals surface area contributed by atoms with Crippen LogP contribution in [0.3, 0.4) is 0 Å². The van der Waals surface area contributed by atoms with E-state index in [0.29, 0.717) is 44.2 Å². The standard InChI is InChI=1S/C46H60Br2O4/c1-11-29(4)25-49-41-21-36-37-22-42(50-26-30(5)12-2)44(52-28-45(8,9)10)24-40(37)46(39(36)23-43(41)51-27-31(6)13-3)32(7)34(16-14-15-19-47)35-18-17-33(48)20-38(35)46/h14-15,17-18,20-24,29-31H,11-13,16,19,25-28H2,1-10H3/b15-14-. The zero-order valence-electron chi connectivity index (χ0n) is 33.2. The largest absolute Gasteiger partial charge is 0.489 e. The van der Waals surface area contributed by atoms with Gasteiger partial charge in [0.25, 0.3) is 0 Å². The number of ether oxygens (including phenoxy) is 4. The lowest BCUT2D eigenvalue weighted by Crippen LogP contribution is -2.27. The van der Waals surface area contributed by atoms with Crippen molar-refractivity contribution in [3.63, 3.8) is 0 Å². The highest BCUT2D eigenvalue weighted by Gasteiger charge is 2.52. The van der Waals surface area contributed by atoms with Gasteiger partial charge >= 0.3 is 0 Å². The number of hydrogen-bond donors (Lipinski definition) is 0. The van der Waals surface area contributed by atoms with Gasteiger partial charge in [0.1, 0.15) is 0 Å². The topological polar surface area (TPSA) is 36.9 Å². The quantitative estimate of drug-likeness (QED) is 0.100. The summed E-state index contributed by atoms with van der Waals surface area (Å²) >= 11 is 7.48. The van der Waals surface area contributed by atoms with Crippen molar-refractivity contribution in [1.29, 1.82) is 0 Å². The number of benzene rings is 3. The van der Waals surface area contributed by atoms with Gasteiger partial charge in [-0.3, -0.25) is 0 Å². The molecule has 0 fully saturated rings. The Morgan fingerprint density at radius 1 is 0.654 bits per heavy atom. The molecule has 6 heteroatoms. The maximum atomic E-state index is 6.73. The molecule has 0 N–H and O–H groups in total. The Bertz CT molecular complexity index is 1780. The summed E-state index contributed by atoms with van der Waals surface area (Å²) in [6.07, 6.45) is 8.47. The molecule has 3 aromatic rings. The van der Waals surface area contributed by atoms with Gasteiger partial charge in [-0.25, -0.2) is 0 Å². The van der Waals surface area contributed by atoms with Gasteiger partial charge in [-0.15, -0.1) is 0 Å². The molecule has 0 aliphatic heterocycles. The first-order valence-corrected chi connectivity index (χ1v) is 21.3. The van der Waals surface area contributed by atoms with Crippen molar-refractivity contribution >= 4 is 37.4 Å². The molecule has 52 heavy (non-hydrogen) atoms.